The molecule has 2 fully saturated rings. The molecule has 0 bridgehead atoms. The molecule has 3 heterocycles. The monoisotopic (exact) mass is 410 g/mol. The van der Waals surface area contributed by atoms with Crippen molar-refractivity contribution in [1.82, 2.24) is 19.8 Å². The summed E-state index contributed by atoms with van der Waals surface area (Å²) in [7, 11) is -3.30. The molecule has 4 rings (SSSR count). The lowest BCUT2D eigenvalue weighted by Gasteiger charge is -2.25. The van der Waals surface area contributed by atoms with E-state index in [0.717, 1.165) is 0 Å². The number of hydrogen-bond acceptors (Lipinski definition) is 7. The summed E-state index contributed by atoms with van der Waals surface area (Å²) in [4.78, 5) is 19.1. The zero-order valence-corrected chi connectivity index (χ0v) is 16.8. The van der Waals surface area contributed by atoms with E-state index in [1.165, 1.54) is 11.3 Å². The minimum atomic E-state index is -3.30. The van der Waals surface area contributed by atoms with Crippen LogP contribution in [0.3, 0.4) is 0 Å². The van der Waals surface area contributed by atoms with Gasteiger partial charge < -0.3 is 9.42 Å². The summed E-state index contributed by atoms with van der Waals surface area (Å²) in [5.41, 5.74) is 0.175. The maximum atomic E-state index is 12.8. The molecule has 0 radical (unpaired) electrons. The fraction of sp³-hybridized carbons (Fsp3) is 0.588. The van der Waals surface area contributed by atoms with Crippen molar-refractivity contribution in [2.75, 3.05) is 18.8 Å². The van der Waals surface area contributed by atoms with Gasteiger partial charge in [0.2, 0.25) is 15.9 Å². The highest BCUT2D eigenvalue weighted by molar-refractivity contribution is 7.89. The smallest absolute Gasteiger partial charge is 0.254 e. The highest BCUT2D eigenvalue weighted by Crippen LogP contribution is 2.50. The second kappa shape index (κ2) is 6.68. The molecule has 0 aromatic carbocycles. The molecule has 10 heteroatoms. The predicted octanol–water partition coefficient (Wildman–Crippen LogP) is 1.55. The second-order valence-corrected chi connectivity index (χ2v) is 10.2. The van der Waals surface area contributed by atoms with Crippen molar-refractivity contribution in [2.45, 2.75) is 38.1 Å². The second-order valence-electron chi connectivity index (χ2n) is 7.36. The number of rotatable bonds is 5. The number of fused-ring (bicyclic) bond motifs is 1. The highest BCUT2D eigenvalue weighted by Gasteiger charge is 2.58. The average Bonchev–Trinajstić information content (AvgIpc) is 3.36. The first-order valence-corrected chi connectivity index (χ1v) is 11.5. The molecule has 1 saturated carbocycles. The molecule has 2 aliphatic rings. The normalized spacial score (nSPS) is 27.9. The van der Waals surface area contributed by atoms with Gasteiger partial charge >= 0.3 is 0 Å². The van der Waals surface area contributed by atoms with E-state index in [9.17, 15) is 13.2 Å². The van der Waals surface area contributed by atoms with Crippen LogP contribution < -0.4 is 4.72 Å². The molecule has 1 amide bonds. The van der Waals surface area contributed by atoms with Crippen LogP contribution in [-0.4, -0.2) is 54.2 Å². The van der Waals surface area contributed by atoms with Crippen LogP contribution in [0.5, 0.6) is 0 Å². The number of likely N-dealkylation sites (tertiary alicyclic amines) is 1. The number of carbonyl (C=O) groups excluding carboxylic acids is 1. The van der Waals surface area contributed by atoms with Crippen LogP contribution in [0.25, 0.3) is 0 Å². The predicted molar refractivity (Wildman–Crippen MR) is 100 cm³/mol. The Hall–Kier alpha value is -1.78. The zero-order valence-electron chi connectivity index (χ0n) is 15.2. The lowest BCUT2D eigenvalue weighted by Crippen LogP contribution is -2.39. The summed E-state index contributed by atoms with van der Waals surface area (Å²) >= 11 is 1.49. The Morgan fingerprint density at radius 3 is 2.96 bits per heavy atom. The van der Waals surface area contributed by atoms with E-state index in [4.69, 9.17) is 4.52 Å². The average molecular weight is 411 g/mol. The quantitative estimate of drug-likeness (QED) is 0.802. The van der Waals surface area contributed by atoms with Crippen LogP contribution >= 0.6 is 11.3 Å². The van der Waals surface area contributed by atoms with Gasteiger partial charge in [0, 0.05) is 24.5 Å². The molecule has 146 valence electrons. The van der Waals surface area contributed by atoms with Gasteiger partial charge in [-0.25, -0.2) is 13.1 Å². The van der Waals surface area contributed by atoms with Crippen molar-refractivity contribution in [3.63, 3.8) is 0 Å². The molecular formula is C17H22N4O4S2. The molecule has 2 aromatic rings. The van der Waals surface area contributed by atoms with Crippen molar-refractivity contribution in [3.8, 4) is 0 Å². The van der Waals surface area contributed by atoms with Crippen LogP contribution in [0.15, 0.2) is 21.3 Å². The van der Waals surface area contributed by atoms with Gasteiger partial charge in [-0.05, 0) is 44.1 Å². The molecule has 1 aliphatic heterocycles. The van der Waals surface area contributed by atoms with Crippen molar-refractivity contribution < 1.29 is 17.7 Å². The standard InChI is InChI=1S/C17H22N4O4S2/c1-3-27(23,24)20-14-6-13-8-21(15(22)12-4-5-26-9-12)10-17(13,7-14)16-18-11(2)19-25-16/h4-5,9,13-14,20H,3,6-8,10H2,1-2H3. The first-order valence-electron chi connectivity index (χ1n) is 8.95. The Kier molecular flexibility index (Phi) is 4.59. The van der Waals surface area contributed by atoms with Crippen LogP contribution in [-0.2, 0) is 15.4 Å². The largest absolute Gasteiger partial charge is 0.339 e. The first kappa shape index (κ1) is 18.6. The number of thiophene rings is 1. The number of sulfonamides is 1. The molecule has 3 atom stereocenters. The molecule has 1 saturated heterocycles. The summed E-state index contributed by atoms with van der Waals surface area (Å²) in [5, 5.41) is 7.66. The molecule has 0 spiro atoms. The van der Waals surface area contributed by atoms with Crippen LogP contribution in [0.1, 0.15) is 41.8 Å². The van der Waals surface area contributed by atoms with Gasteiger partial charge in [-0.1, -0.05) is 5.16 Å². The van der Waals surface area contributed by atoms with Crippen LogP contribution in [0.2, 0.25) is 0 Å². The van der Waals surface area contributed by atoms with Gasteiger partial charge in [-0.3, -0.25) is 4.79 Å². The molecule has 1 N–H and O–H groups in total. The van der Waals surface area contributed by atoms with E-state index < -0.39 is 15.4 Å². The third-order valence-electron chi connectivity index (χ3n) is 5.61. The molecule has 8 nitrogen and oxygen atoms in total. The Bertz CT molecular complexity index is 940. The van der Waals surface area contributed by atoms with E-state index in [1.54, 1.807) is 13.8 Å². The number of amides is 1. The van der Waals surface area contributed by atoms with E-state index in [2.05, 4.69) is 14.9 Å². The highest BCUT2D eigenvalue weighted by atomic mass is 32.2. The minimum absolute atomic E-state index is 0.00745. The van der Waals surface area contributed by atoms with Gasteiger partial charge in [0.25, 0.3) is 5.91 Å². The summed E-state index contributed by atoms with van der Waals surface area (Å²) in [6.45, 7) is 4.39. The molecule has 1 aliphatic carbocycles. The van der Waals surface area contributed by atoms with E-state index in [0.29, 0.717) is 43.2 Å². The van der Waals surface area contributed by atoms with Crippen molar-refractivity contribution in [1.29, 1.82) is 0 Å². The van der Waals surface area contributed by atoms with Gasteiger partial charge in [0.1, 0.15) is 0 Å². The van der Waals surface area contributed by atoms with Gasteiger partial charge in [0.05, 0.1) is 16.7 Å². The lowest BCUT2D eigenvalue weighted by molar-refractivity contribution is 0.0774. The third kappa shape index (κ3) is 3.30. The number of carbonyl (C=O) groups is 1. The zero-order chi connectivity index (χ0) is 19.2. The number of nitrogens with zero attached hydrogens (tertiary/aromatic N) is 3. The van der Waals surface area contributed by atoms with Crippen LogP contribution in [0.4, 0.5) is 0 Å². The molecular weight excluding hydrogens is 388 g/mol. The Morgan fingerprint density at radius 2 is 2.33 bits per heavy atom. The van der Waals surface area contributed by atoms with Gasteiger partial charge in [-0.15, -0.1) is 0 Å². The number of nitrogens with one attached hydrogen (secondary N) is 1. The SMILES string of the molecule is CCS(=O)(=O)NC1CC2CN(C(=O)c3ccsc3)CC2(c2nc(C)no2)C1. The topological polar surface area (TPSA) is 105 Å². The fourth-order valence-electron chi connectivity index (χ4n) is 4.35. The minimum Gasteiger partial charge on any atom is -0.339 e. The van der Waals surface area contributed by atoms with Crippen molar-refractivity contribution >= 4 is 27.3 Å². The fourth-order valence-corrected chi connectivity index (χ4v) is 5.84. The Labute approximate surface area is 162 Å². The summed E-state index contributed by atoms with van der Waals surface area (Å²) in [5.74, 6) is 1.16. The van der Waals surface area contributed by atoms with E-state index in [-0.39, 0.29) is 23.6 Å². The van der Waals surface area contributed by atoms with E-state index >= 15 is 0 Å². The van der Waals surface area contributed by atoms with Crippen molar-refractivity contribution in [3.05, 3.63) is 34.1 Å². The third-order valence-corrected chi connectivity index (χ3v) is 7.75. The number of aryl methyl sites for hydroxylation is 1. The number of aromatic nitrogens is 2. The Morgan fingerprint density at radius 1 is 1.52 bits per heavy atom. The first-order chi connectivity index (χ1) is 12.8. The summed E-state index contributed by atoms with van der Waals surface area (Å²) in [6.07, 6.45) is 1.19. The maximum Gasteiger partial charge on any atom is 0.254 e. The van der Waals surface area contributed by atoms with Crippen LogP contribution in [0, 0.1) is 12.8 Å². The van der Waals surface area contributed by atoms with Gasteiger partial charge in [-0.2, -0.15) is 16.3 Å². The summed E-state index contributed by atoms with van der Waals surface area (Å²) < 4.78 is 32.3. The number of hydrogen-bond donors (Lipinski definition) is 1. The molecule has 27 heavy (non-hydrogen) atoms. The summed E-state index contributed by atoms with van der Waals surface area (Å²) in [6, 6.07) is 1.63. The lowest BCUT2D eigenvalue weighted by atomic mass is 9.80. The molecule has 2 aromatic heterocycles. The Balaban J connectivity index is 1.62. The maximum absolute atomic E-state index is 12.8. The van der Waals surface area contributed by atoms with Gasteiger partial charge in [0.15, 0.2) is 5.82 Å². The molecule has 3 unspecified atom stereocenters. The van der Waals surface area contributed by atoms with Crippen molar-refractivity contribution in [2.24, 2.45) is 5.92 Å². The van der Waals surface area contributed by atoms with E-state index in [1.807, 2.05) is 21.7 Å².